The minimum Gasteiger partial charge on any atom is -0.497 e. The molecule has 0 saturated carbocycles. The topological polar surface area (TPSA) is 73.8 Å². The van der Waals surface area contributed by atoms with Crippen molar-refractivity contribution in [3.63, 3.8) is 0 Å². The lowest BCUT2D eigenvalue weighted by Gasteiger charge is -2.26. The zero-order valence-electron chi connectivity index (χ0n) is 17.0. The summed E-state index contributed by atoms with van der Waals surface area (Å²) in [5.41, 5.74) is 9.94. The molecule has 0 radical (unpaired) electrons. The van der Waals surface area contributed by atoms with Crippen LogP contribution in [0.3, 0.4) is 0 Å². The molecule has 4 rings (SSSR count). The first-order valence-electron chi connectivity index (χ1n) is 10.3. The van der Waals surface area contributed by atoms with Crippen LogP contribution in [0.1, 0.15) is 64.9 Å². The molecule has 6 heteroatoms. The quantitative estimate of drug-likeness (QED) is 0.726. The Morgan fingerprint density at radius 1 is 1.21 bits per heavy atom. The summed E-state index contributed by atoms with van der Waals surface area (Å²) in [5.74, 6) is 1.12. The summed E-state index contributed by atoms with van der Waals surface area (Å²) < 4.78 is 5.36. The van der Waals surface area contributed by atoms with Crippen LogP contribution in [0.2, 0.25) is 0 Å². The summed E-state index contributed by atoms with van der Waals surface area (Å²) in [4.78, 5) is 15.3. The SMILES string of the molecule is COc1cccc(C2CCCN2C(=O)c2ccc(C3CNNC3)c(C(C)O)c2)c1. The number of aliphatic hydroxyl groups excluding tert-OH is 1. The molecule has 2 unspecified atom stereocenters. The van der Waals surface area contributed by atoms with Crippen LogP contribution in [-0.2, 0) is 0 Å². The number of amides is 1. The summed E-state index contributed by atoms with van der Waals surface area (Å²) >= 11 is 0. The van der Waals surface area contributed by atoms with Crippen molar-refractivity contribution < 1.29 is 14.6 Å². The average molecular weight is 396 g/mol. The van der Waals surface area contributed by atoms with Crippen LogP contribution < -0.4 is 15.6 Å². The molecular formula is C23H29N3O3. The maximum atomic E-state index is 13.4. The number of benzene rings is 2. The molecule has 2 aliphatic heterocycles. The van der Waals surface area contributed by atoms with E-state index in [0.29, 0.717) is 11.5 Å². The van der Waals surface area contributed by atoms with Crippen molar-refractivity contribution in [2.24, 2.45) is 0 Å². The molecule has 2 saturated heterocycles. The minimum absolute atomic E-state index is 0.0199. The van der Waals surface area contributed by atoms with Gasteiger partial charge in [0.15, 0.2) is 0 Å². The maximum Gasteiger partial charge on any atom is 0.254 e. The van der Waals surface area contributed by atoms with Crippen molar-refractivity contribution in [3.05, 3.63) is 64.7 Å². The van der Waals surface area contributed by atoms with Gasteiger partial charge in [-0.3, -0.25) is 15.6 Å². The zero-order chi connectivity index (χ0) is 20.4. The Balaban J connectivity index is 1.62. The fraction of sp³-hybridized carbons (Fsp3) is 0.435. The van der Waals surface area contributed by atoms with Crippen LogP contribution in [-0.4, -0.2) is 42.7 Å². The van der Waals surface area contributed by atoms with E-state index in [2.05, 4.69) is 16.9 Å². The summed E-state index contributed by atoms with van der Waals surface area (Å²) in [6.07, 6.45) is 1.31. The fourth-order valence-corrected chi connectivity index (χ4v) is 4.50. The first kappa shape index (κ1) is 19.9. The van der Waals surface area contributed by atoms with Gasteiger partial charge in [-0.1, -0.05) is 18.2 Å². The molecule has 0 aromatic heterocycles. The van der Waals surface area contributed by atoms with Crippen LogP contribution in [0.5, 0.6) is 5.75 Å². The molecule has 1 amide bonds. The zero-order valence-corrected chi connectivity index (χ0v) is 17.0. The maximum absolute atomic E-state index is 13.4. The number of aliphatic hydroxyl groups is 1. The summed E-state index contributed by atoms with van der Waals surface area (Å²) in [6.45, 7) is 4.13. The molecule has 29 heavy (non-hydrogen) atoms. The van der Waals surface area contributed by atoms with Crippen LogP contribution in [0.4, 0.5) is 0 Å². The van der Waals surface area contributed by atoms with Crippen LogP contribution in [0.15, 0.2) is 42.5 Å². The van der Waals surface area contributed by atoms with E-state index in [1.54, 1.807) is 14.0 Å². The molecule has 0 aliphatic carbocycles. The molecule has 3 N–H and O–H groups in total. The smallest absolute Gasteiger partial charge is 0.254 e. The number of hydrogen-bond donors (Lipinski definition) is 3. The van der Waals surface area contributed by atoms with Gasteiger partial charge in [0.1, 0.15) is 5.75 Å². The van der Waals surface area contributed by atoms with Crippen molar-refractivity contribution in [1.29, 1.82) is 0 Å². The van der Waals surface area contributed by atoms with Gasteiger partial charge in [-0.25, -0.2) is 0 Å². The predicted molar refractivity (Wildman–Crippen MR) is 112 cm³/mol. The van der Waals surface area contributed by atoms with Crippen LogP contribution in [0.25, 0.3) is 0 Å². The number of nitrogens with zero attached hydrogens (tertiary/aromatic N) is 1. The molecule has 0 spiro atoms. The highest BCUT2D eigenvalue weighted by Crippen LogP contribution is 2.35. The number of methoxy groups -OCH3 is 1. The second kappa shape index (κ2) is 8.53. The first-order chi connectivity index (χ1) is 14.1. The molecule has 2 atom stereocenters. The Kier molecular flexibility index (Phi) is 5.85. The molecule has 2 fully saturated rings. The number of carbonyl (C=O) groups excluding carboxylic acids is 1. The average Bonchev–Trinajstić information content (AvgIpc) is 3.45. The molecule has 154 valence electrons. The molecule has 0 bridgehead atoms. The van der Waals surface area contributed by atoms with E-state index >= 15 is 0 Å². The van der Waals surface area contributed by atoms with Crippen molar-refractivity contribution in [3.8, 4) is 5.75 Å². The normalized spacial score (nSPS) is 20.8. The van der Waals surface area contributed by atoms with E-state index in [9.17, 15) is 9.90 Å². The fourth-order valence-electron chi connectivity index (χ4n) is 4.50. The molecule has 2 heterocycles. The Labute approximate surface area is 171 Å². The number of hydrogen-bond acceptors (Lipinski definition) is 5. The summed E-state index contributed by atoms with van der Waals surface area (Å²) in [5, 5.41) is 10.3. The monoisotopic (exact) mass is 395 g/mol. The van der Waals surface area contributed by atoms with Gasteiger partial charge in [-0.05, 0) is 60.7 Å². The number of carbonyl (C=O) groups is 1. The second-order valence-electron chi connectivity index (χ2n) is 7.91. The van der Waals surface area contributed by atoms with E-state index in [0.717, 1.165) is 54.9 Å². The highest BCUT2D eigenvalue weighted by atomic mass is 16.5. The van der Waals surface area contributed by atoms with Gasteiger partial charge in [0.25, 0.3) is 5.91 Å². The molecule has 2 aromatic carbocycles. The Bertz CT molecular complexity index is 877. The van der Waals surface area contributed by atoms with Gasteiger partial charge < -0.3 is 14.7 Å². The number of rotatable bonds is 5. The number of ether oxygens (including phenoxy) is 1. The second-order valence-corrected chi connectivity index (χ2v) is 7.91. The summed E-state index contributed by atoms with van der Waals surface area (Å²) in [7, 11) is 1.66. The lowest BCUT2D eigenvalue weighted by molar-refractivity contribution is 0.0735. The Morgan fingerprint density at radius 2 is 2.00 bits per heavy atom. The number of hydrazine groups is 1. The van der Waals surface area contributed by atoms with Crippen molar-refractivity contribution >= 4 is 5.91 Å². The highest BCUT2D eigenvalue weighted by molar-refractivity contribution is 5.95. The number of likely N-dealkylation sites (tertiary alicyclic amines) is 1. The van der Waals surface area contributed by atoms with Gasteiger partial charge in [0.05, 0.1) is 19.3 Å². The largest absolute Gasteiger partial charge is 0.497 e. The molecular weight excluding hydrogens is 366 g/mol. The third kappa shape index (κ3) is 4.01. The Morgan fingerprint density at radius 3 is 2.72 bits per heavy atom. The molecule has 2 aromatic rings. The highest BCUT2D eigenvalue weighted by Gasteiger charge is 2.31. The van der Waals surface area contributed by atoms with Crippen molar-refractivity contribution in [1.82, 2.24) is 15.8 Å². The van der Waals surface area contributed by atoms with Gasteiger partial charge in [0.2, 0.25) is 0 Å². The van der Waals surface area contributed by atoms with E-state index < -0.39 is 6.10 Å². The van der Waals surface area contributed by atoms with E-state index in [1.165, 1.54) is 0 Å². The van der Waals surface area contributed by atoms with Gasteiger partial charge >= 0.3 is 0 Å². The van der Waals surface area contributed by atoms with Gasteiger partial charge in [-0.2, -0.15) is 0 Å². The standard InChI is InChI=1S/C23H29N3O3/c1-15(27)21-12-17(8-9-20(21)18-13-24-25-14-18)23(28)26-10-4-7-22(26)16-5-3-6-19(11-16)29-2/h3,5-6,8-9,11-12,15,18,22,24-25,27H,4,7,10,13-14H2,1-2H3. The van der Waals surface area contributed by atoms with E-state index in [1.807, 2.05) is 41.3 Å². The lowest BCUT2D eigenvalue weighted by atomic mass is 9.90. The van der Waals surface area contributed by atoms with E-state index in [-0.39, 0.29) is 11.9 Å². The van der Waals surface area contributed by atoms with Gasteiger partial charge in [0, 0.05) is 31.1 Å². The lowest BCUT2D eigenvalue weighted by Crippen LogP contribution is -2.30. The summed E-state index contributed by atoms with van der Waals surface area (Å²) in [6, 6.07) is 13.8. The Hall–Kier alpha value is -2.41. The van der Waals surface area contributed by atoms with Crippen LogP contribution in [0, 0.1) is 0 Å². The van der Waals surface area contributed by atoms with Crippen molar-refractivity contribution in [2.45, 2.75) is 37.8 Å². The van der Waals surface area contributed by atoms with Gasteiger partial charge in [-0.15, -0.1) is 0 Å². The third-order valence-electron chi connectivity index (χ3n) is 6.04. The van der Waals surface area contributed by atoms with Crippen LogP contribution >= 0.6 is 0 Å². The van der Waals surface area contributed by atoms with E-state index in [4.69, 9.17) is 4.74 Å². The predicted octanol–water partition coefficient (Wildman–Crippen LogP) is 2.92. The van der Waals surface area contributed by atoms with Crippen molar-refractivity contribution in [2.75, 3.05) is 26.7 Å². The minimum atomic E-state index is -0.619. The molecule has 2 aliphatic rings. The third-order valence-corrected chi connectivity index (χ3v) is 6.04. The number of nitrogens with one attached hydrogen (secondary N) is 2. The first-order valence-corrected chi connectivity index (χ1v) is 10.3. The molecule has 6 nitrogen and oxygen atoms in total.